The van der Waals surface area contributed by atoms with E-state index in [0.29, 0.717) is 23.4 Å². The van der Waals surface area contributed by atoms with E-state index in [-0.39, 0.29) is 0 Å². The Morgan fingerprint density at radius 1 is 0.535 bits per heavy atom. The fourth-order valence-electron chi connectivity index (χ4n) is 6.14. The molecule has 7 aromatic rings. The van der Waals surface area contributed by atoms with Crippen LogP contribution in [-0.2, 0) is 6.42 Å². The first kappa shape index (κ1) is 25.2. The normalized spacial score (nSPS) is 14.2. The quantitative estimate of drug-likeness (QED) is 0.218. The highest BCUT2D eigenvalue weighted by Gasteiger charge is 2.18. The fraction of sp³-hybridized carbons (Fsp3) is 0.0769. The van der Waals surface area contributed by atoms with Gasteiger partial charge < -0.3 is 0 Å². The summed E-state index contributed by atoms with van der Waals surface area (Å²) in [6, 6.07) is 40.0. The van der Waals surface area contributed by atoms with E-state index >= 15 is 0 Å². The molecule has 8 rings (SSSR count). The van der Waals surface area contributed by atoms with Crippen molar-refractivity contribution in [2.45, 2.75) is 13.3 Å². The molecule has 204 valence electrons. The molecule has 0 fully saturated rings. The van der Waals surface area contributed by atoms with Gasteiger partial charge in [-0.15, -0.1) is 0 Å². The maximum atomic E-state index is 5.08. The van der Waals surface area contributed by atoms with Gasteiger partial charge in [-0.2, -0.15) is 0 Å². The molecule has 5 aromatic carbocycles. The largest absolute Gasteiger partial charge is 0.261 e. The fourth-order valence-corrected chi connectivity index (χ4v) is 6.14. The van der Waals surface area contributed by atoms with Crippen molar-refractivity contribution < 1.29 is 0 Å². The van der Waals surface area contributed by atoms with Crippen LogP contribution in [0.1, 0.15) is 18.2 Å². The first-order chi connectivity index (χ1) is 21.2. The van der Waals surface area contributed by atoms with Gasteiger partial charge in [0.1, 0.15) is 0 Å². The SMILES string of the molecule is CC1C=Cc2c(-c3ccc(-c4nc(-c5cccc6ccccc56)nc(-c5cccc6ccccc56)n4)cc3)ccnc2C1. The molecule has 2 aromatic heterocycles. The van der Waals surface area contributed by atoms with Gasteiger partial charge in [0.2, 0.25) is 0 Å². The van der Waals surface area contributed by atoms with Crippen LogP contribution in [0.5, 0.6) is 0 Å². The van der Waals surface area contributed by atoms with Gasteiger partial charge in [-0.3, -0.25) is 4.98 Å². The van der Waals surface area contributed by atoms with Crippen LogP contribution in [0.15, 0.2) is 128 Å². The second-order valence-electron chi connectivity index (χ2n) is 11.2. The summed E-state index contributed by atoms with van der Waals surface area (Å²) in [7, 11) is 0. The molecular formula is C39H28N4. The molecule has 0 radical (unpaired) electrons. The van der Waals surface area contributed by atoms with Crippen molar-refractivity contribution in [3.63, 3.8) is 0 Å². The molecule has 0 spiro atoms. The summed E-state index contributed by atoms with van der Waals surface area (Å²) >= 11 is 0. The summed E-state index contributed by atoms with van der Waals surface area (Å²) in [6.07, 6.45) is 7.39. The first-order valence-electron chi connectivity index (χ1n) is 14.7. The zero-order valence-corrected chi connectivity index (χ0v) is 23.8. The second kappa shape index (κ2) is 10.4. The maximum absolute atomic E-state index is 5.08. The molecule has 1 aliphatic carbocycles. The topological polar surface area (TPSA) is 51.6 Å². The standard InChI is InChI=1S/C39H28N4/c1-25-16-21-33-32(22-23-40-36(33)24-25)28-17-19-29(20-18-28)37-41-38(34-14-6-10-26-8-2-4-12-30(26)34)43-39(42-37)35-15-7-11-27-9-3-5-13-31(27)35/h2-23,25H,24H2,1H3. The number of benzene rings is 5. The minimum Gasteiger partial charge on any atom is -0.261 e. The molecule has 2 heterocycles. The highest BCUT2D eigenvalue weighted by Crippen LogP contribution is 2.34. The van der Waals surface area contributed by atoms with Crippen LogP contribution in [0.2, 0.25) is 0 Å². The van der Waals surface area contributed by atoms with E-state index in [1.807, 2.05) is 6.20 Å². The Labute approximate surface area is 250 Å². The second-order valence-corrected chi connectivity index (χ2v) is 11.2. The predicted octanol–water partition coefficient (Wildman–Crippen LogP) is 9.45. The Morgan fingerprint density at radius 2 is 1.09 bits per heavy atom. The number of fused-ring (bicyclic) bond motifs is 3. The first-order valence-corrected chi connectivity index (χ1v) is 14.7. The molecule has 1 unspecified atom stereocenters. The monoisotopic (exact) mass is 552 g/mol. The average Bonchev–Trinajstić information content (AvgIpc) is 3.07. The number of aromatic nitrogens is 4. The van der Waals surface area contributed by atoms with Crippen LogP contribution < -0.4 is 0 Å². The van der Waals surface area contributed by atoms with E-state index in [0.717, 1.165) is 55.9 Å². The van der Waals surface area contributed by atoms with Crippen molar-refractivity contribution in [1.82, 2.24) is 19.9 Å². The van der Waals surface area contributed by atoms with Crippen LogP contribution in [0.3, 0.4) is 0 Å². The van der Waals surface area contributed by atoms with E-state index in [9.17, 15) is 0 Å². The third-order valence-corrected chi connectivity index (χ3v) is 8.33. The van der Waals surface area contributed by atoms with Crippen LogP contribution >= 0.6 is 0 Å². The molecule has 4 heteroatoms. The summed E-state index contributed by atoms with van der Waals surface area (Å²) < 4.78 is 0. The molecule has 43 heavy (non-hydrogen) atoms. The Bertz CT molecular complexity index is 2070. The lowest BCUT2D eigenvalue weighted by Crippen LogP contribution is -2.06. The van der Waals surface area contributed by atoms with Gasteiger partial charge in [0.15, 0.2) is 17.5 Å². The number of hydrogen-bond acceptors (Lipinski definition) is 4. The molecule has 4 nitrogen and oxygen atoms in total. The highest BCUT2D eigenvalue weighted by molar-refractivity contribution is 5.97. The predicted molar refractivity (Wildman–Crippen MR) is 176 cm³/mol. The lowest BCUT2D eigenvalue weighted by Gasteiger charge is -2.18. The summed E-state index contributed by atoms with van der Waals surface area (Å²) in [6.45, 7) is 2.23. The van der Waals surface area contributed by atoms with E-state index in [2.05, 4.69) is 139 Å². The number of pyridine rings is 1. The molecule has 0 bridgehead atoms. The summed E-state index contributed by atoms with van der Waals surface area (Å²) in [5.41, 5.74) is 7.65. The number of nitrogens with zero attached hydrogens (tertiary/aromatic N) is 4. The molecule has 1 atom stereocenters. The lowest BCUT2D eigenvalue weighted by molar-refractivity contribution is 0.700. The van der Waals surface area contributed by atoms with Crippen LogP contribution in [-0.4, -0.2) is 19.9 Å². The van der Waals surface area contributed by atoms with Gasteiger partial charge in [0, 0.05) is 34.1 Å². The number of rotatable bonds is 4. The average molecular weight is 553 g/mol. The van der Waals surface area contributed by atoms with Crippen LogP contribution in [0.25, 0.3) is 72.9 Å². The van der Waals surface area contributed by atoms with Gasteiger partial charge in [-0.25, -0.2) is 15.0 Å². The molecule has 0 N–H and O–H groups in total. The van der Waals surface area contributed by atoms with Crippen molar-refractivity contribution in [2.24, 2.45) is 5.92 Å². The Balaban J connectivity index is 1.29. The third kappa shape index (κ3) is 4.58. The zero-order chi connectivity index (χ0) is 28.8. The number of hydrogen-bond donors (Lipinski definition) is 0. The van der Waals surface area contributed by atoms with Gasteiger partial charge in [-0.1, -0.05) is 128 Å². The van der Waals surface area contributed by atoms with Crippen molar-refractivity contribution in [3.8, 4) is 45.3 Å². The highest BCUT2D eigenvalue weighted by atomic mass is 15.0. The Morgan fingerprint density at radius 3 is 1.74 bits per heavy atom. The molecule has 0 aliphatic heterocycles. The van der Waals surface area contributed by atoms with Crippen molar-refractivity contribution >= 4 is 27.6 Å². The molecule has 0 saturated heterocycles. The zero-order valence-electron chi connectivity index (χ0n) is 23.8. The smallest absolute Gasteiger partial charge is 0.164 e. The van der Waals surface area contributed by atoms with E-state index < -0.39 is 0 Å². The molecule has 0 amide bonds. The van der Waals surface area contributed by atoms with Crippen molar-refractivity contribution in [3.05, 3.63) is 139 Å². The van der Waals surface area contributed by atoms with E-state index in [4.69, 9.17) is 15.0 Å². The van der Waals surface area contributed by atoms with Gasteiger partial charge in [-0.05, 0) is 51.1 Å². The van der Waals surface area contributed by atoms with E-state index in [1.165, 1.54) is 11.1 Å². The van der Waals surface area contributed by atoms with Gasteiger partial charge in [0.25, 0.3) is 0 Å². The van der Waals surface area contributed by atoms with Gasteiger partial charge >= 0.3 is 0 Å². The Hall–Kier alpha value is -5.48. The van der Waals surface area contributed by atoms with E-state index in [1.54, 1.807) is 0 Å². The molecular weight excluding hydrogens is 524 g/mol. The minimum atomic E-state index is 0.508. The van der Waals surface area contributed by atoms with Crippen molar-refractivity contribution in [1.29, 1.82) is 0 Å². The van der Waals surface area contributed by atoms with Crippen LogP contribution in [0, 0.1) is 5.92 Å². The van der Waals surface area contributed by atoms with Gasteiger partial charge in [0.05, 0.1) is 0 Å². The summed E-state index contributed by atoms with van der Waals surface area (Å²) in [4.78, 5) is 19.9. The summed E-state index contributed by atoms with van der Waals surface area (Å²) in [5.74, 6) is 2.48. The third-order valence-electron chi connectivity index (χ3n) is 8.33. The molecule has 1 aliphatic rings. The van der Waals surface area contributed by atoms with Crippen molar-refractivity contribution in [2.75, 3.05) is 0 Å². The van der Waals surface area contributed by atoms with Crippen LogP contribution in [0.4, 0.5) is 0 Å². The summed E-state index contributed by atoms with van der Waals surface area (Å²) in [5, 5.41) is 4.54. The Kier molecular flexibility index (Phi) is 6.11. The lowest BCUT2D eigenvalue weighted by atomic mass is 9.89. The minimum absolute atomic E-state index is 0.508. The molecule has 0 saturated carbocycles. The maximum Gasteiger partial charge on any atom is 0.164 e. The number of allylic oxidation sites excluding steroid dienone is 1.